The second kappa shape index (κ2) is 4.00. The highest BCUT2D eigenvalue weighted by Crippen LogP contribution is 2.36. The third-order valence-electron chi connectivity index (χ3n) is 3.59. The number of fused-ring (bicyclic) bond motifs is 1. The average Bonchev–Trinajstić information content (AvgIpc) is 2.74. The molecule has 1 aliphatic carbocycles. The molecule has 88 valence electrons. The Morgan fingerprint density at radius 3 is 3.06 bits per heavy atom. The van der Waals surface area contributed by atoms with E-state index in [2.05, 4.69) is 33.8 Å². The molecule has 1 heterocycles. The topological polar surface area (TPSA) is 43.8 Å². The van der Waals surface area contributed by atoms with Crippen LogP contribution >= 0.6 is 0 Å². The second-order valence-corrected chi connectivity index (χ2v) is 4.86. The van der Waals surface area contributed by atoms with E-state index in [9.17, 15) is 0 Å². The van der Waals surface area contributed by atoms with Gasteiger partial charge in [0.15, 0.2) is 0 Å². The van der Waals surface area contributed by atoms with Gasteiger partial charge in [0, 0.05) is 24.7 Å². The molecule has 3 rings (SSSR count). The lowest BCUT2D eigenvalue weighted by molar-refractivity contribution is 0.490. The largest absolute Gasteiger partial charge is 0.333 e. The molecule has 1 aromatic carbocycles. The molecule has 0 amide bonds. The van der Waals surface area contributed by atoms with Gasteiger partial charge in [-0.2, -0.15) is 0 Å². The minimum atomic E-state index is 0.0489. The quantitative estimate of drug-likeness (QED) is 0.874. The molecule has 1 aromatic heterocycles. The molecular weight excluding hydrogens is 210 g/mol. The van der Waals surface area contributed by atoms with E-state index in [0.717, 1.165) is 12.2 Å². The SMILES string of the molecule is C[C@@H](N)c1cncn1CC1Cc2ccccc21. The summed E-state index contributed by atoms with van der Waals surface area (Å²) >= 11 is 0. The van der Waals surface area contributed by atoms with E-state index in [1.54, 1.807) is 0 Å². The molecule has 2 N–H and O–H groups in total. The van der Waals surface area contributed by atoms with Crippen LogP contribution in [0.25, 0.3) is 0 Å². The highest BCUT2D eigenvalue weighted by atomic mass is 15.1. The van der Waals surface area contributed by atoms with Gasteiger partial charge in [0.2, 0.25) is 0 Å². The smallest absolute Gasteiger partial charge is 0.0948 e. The summed E-state index contributed by atoms with van der Waals surface area (Å²) in [6.07, 6.45) is 4.93. The van der Waals surface area contributed by atoms with Crippen molar-refractivity contribution in [2.75, 3.05) is 0 Å². The van der Waals surface area contributed by atoms with Crippen LogP contribution in [0.2, 0.25) is 0 Å². The summed E-state index contributed by atoms with van der Waals surface area (Å²) < 4.78 is 2.19. The van der Waals surface area contributed by atoms with Gasteiger partial charge < -0.3 is 10.3 Å². The zero-order chi connectivity index (χ0) is 11.8. The fourth-order valence-corrected chi connectivity index (χ4v) is 2.63. The summed E-state index contributed by atoms with van der Waals surface area (Å²) in [7, 11) is 0. The molecule has 1 unspecified atom stereocenters. The first-order valence-electron chi connectivity index (χ1n) is 6.09. The Kier molecular flexibility index (Phi) is 2.48. The van der Waals surface area contributed by atoms with Crippen molar-refractivity contribution in [2.45, 2.75) is 31.8 Å². The number of hydrogen-bond donors (Lipinski definition) is 1. The van der Waals surface area contributed by atoms with Crippen molar-refractivity contribution in [1.29, 1.82) is 0 Å². The molecule has 0 saturated heterocycles. The van der Waals surface area contributed by atoms with Crippen LogP contribution in [0.5, 0.6) is 0 Å². The van der Waals surface area contributed by atoms with E-state index in [4.69, 9.17) is 5.73 Å². The van der Waals surface area contributed by atoms with Crippen LogP contribution in [0.4, 0.5) is 0 Å². The van der Waals surface area contributed by atoms with Gasteiger partial charge in [-0.3, -0.25) is 0 Å². The summed E-state index contributed by atoms with van der Waals surface area (Å²) in [6.45, 7) is 3.00. The van der Waals surface area contributed by atoms with E-state index < -0.39 is 0 Å². The maximum atomic E-state index is 5.93. The monoisotopic (exact) mass is 227 g/mol. The highest BCUT2D eigenvalue weighted by Gasteiger charge is 2.26. The van der Waals surface area contributed by atoms with Gasteiger partial charge in [0.25, 0.3) is 0 Å². The molecule has 1 aliphatic rings. The van der Waals surface area contributed by atoms with Gasteiger partial charge >= 0.3 is 0 Å². The van der Waals surface area contributed by atoms with Gasteiger partial charge in [-0.25, -0.2) is 4.98 Å². The predicted octanol–water partition coefficient (Wildman–Crippen LogP) is 2.24. The van der Waals surface area contributed by atoms with Gasteiger partial charge in [-0.1, -0.05) is 24.3 Å². The Balaban J connectivity index is 1.80. The van der Waals surface area contributed by atoms with E-state index in [-0.39, 0.29) is 6.04 Å². The minimum absolute atomic E-state index is 0.0489. The van der Waals surface area contributed by atoms with Crippen LogP contribution in [-0.4, -0.2) is 9.55 Å². The van der Waals surface area contributed by atoms with Crippen molar-refractivity contribution < 1.29 is 0 Å². The fraction of sp³-hybridized carbons (Fsp3) is 0.357. The molecule has 0 spiro atoms. The number of aromatic nitrogens is 2. The molecule has 2 aromatic rings. The highest BCUT2D eigenvalue weighted by molar-refractivity contribution is 5.39. The van der Waals surface area contributed by atoms with E-state index in [1.165, 1.54) is 17.5 Å². The van der Waals surface area contributed by atoms with Gasteiger partial charge in [-0.15, -0.1) is 0 Å². The van der Waals surface area contributed by atoms with E-state index in [0.29, 0.717) is 5.92 Å². The zero-order valence-electron chi connectivity index (χ0n) is 10.0. The van der Waals surface area contributed by atoms with Crippen molar-refractivity contribution in [3.63, 3.8) is 0 Å². The lowest BCUT2D eigenvalue weighted by Gasteiger charge is -2.31. The predicted molar refractivity (Wildman–Crippen MR) is 67.7 cm³/mol. The molecule has 0 fully saturated rings. The maximum Gasteiger partial charge on any atom is 0.0948 e. The summed E-state index contributed by atoms with van der Waals surface area (Å²) in [4.78, 5) is 4.19. The van der Waals surface area contributed by atoms with Crippen LogP contribution in [0, 0.1) is 0 Å². The van der Waals surface area contributed by atoms with Gasteiger partial charge in [-0.05, 0) is 24.5 Å². The summed E-state index contributed by atoms with van der Waals surface area (Å²) in [5.41, 5.74) is 10.0. The van der Waals surface area contributed by atoms with Crippen LogP contribution < -0.4 is 5.73 Å². The van der Waals surface area contributed by atoms with Crippen LogP contribution in [0.15, 0.2) is 36.8 Å². The summed E-state index contributed by atoms with van der Waals surface area (Å²) in [6, 6.07) is 8.72. The lowest BCUT2D eigenvalue weighted by atomic mass is 9.77. The van der Waals surface area contributed by atoms with Crippen LogP contribution in [0.1, 0.15) is 35.7 Å². The maximum absolute atomic E-state index is 5.93. The molecule has 3 heteroatoms. The van der Waals surface area contributed by atoms with Crippen molar-refractivity contribution in [1.82, 2.24) is 9.55 Å². The third-order valence-corrected chi connectivity index (χ3v) is 3.59. The van der Waals surface area contributed by atoms with Crippen molar-refractivity contribution in [3.8, 4) is 0 Å². The Morgan fingerprint density at radius 1 is 1.47 bits per heavy atom. The molecule has 0 radical (unpaired) electrons. The summed E-state index contributed by atoms with van der Waals surface area (Å²) in [5.74, 6) is 0.623. The number of imidazole rings is 1. The van der Waals surface area contributed by atoms with Crippen LogP contribution in [-0.2, 0) is 13.0 Å². The molecule has 0 bridgehead atoms. The second-order valence-electron chi connectivity index (χ2n) is 4.86. The molecular formula is C14H17N3. The minimum Gasteiger partial charge on any atom is -0.333 e. The molecule has 3 nitrogen and oxygen atoms in total. The molecule has 17 heavy (non-hydrogen) atoms. The number of nitrogens with zero attached hydrogens (tertiary/aromatic N) is 2. The number of nitrogens with two attached hydrogens (primary N) is 1. The van der Waals surface area contributed by atoms with E-state index >= 15 is 0 Å². The van der Waals surface area contributed by atoms with E-state index in [1.807, 2.05) is 19.4 Å². The summed E-state index contributed by atoms with van der Waals surface area (Å²) in [5, 5.41) is 0. The average molecular weight is 227 g/mol. The Hall–Kier alpha value is -1.61. The number of benzene rings is 1. The third kappa shape index (κ3) is 1.76. The van der Waals surface area contributed by atoms with Gasteiger partial charge in [0.05, 0.1) is 12.0 Å². The first-order chi connectivity index (χ1) is 8.25. The number of hydrogen-bond acceptors (Lipinski definition) is 2. The first-order valence-corrected chi connectivity index (χ1v) is 6.09. The molecule has 0 saturated carbocycles. The Labute approximate surface area is 101 Å². The van der Waals surface area contributed by atoms with Crippen LogP contribution in [0.3, 0.4) is 0 Å². The van der Waals surface area contributed by atoms with Crippen molar-refractivity contribution in [3.05, 3.63) is 53.6 Å². The lowest BCUT2D eigenvalue weighted by Crippen LogP contribution is -2.23. The molecule has 2 atom stereocenters. The van der Waals surface area contributed by atoms with Crippen molar-refractivity contribution in [2.24, 2.45) is 5.73 Å². The first kappa shape index (κ1) is 10.5. The Morgan fingerprint density at radius 2 is 2.29 bits per heavy atom. The van der Waals surface area contributed by atoms with Crippen molar-refractivity contribution >= 4 is 0 Å². The standard InChI is InChI=1S/C14H17N3/c1-10(15)14-7-16-9-17(14)8-12-6-11-4-2-3-5-13(11)12/h2-5,7,9-10,12H,6,8,15H2,1H3/t10-,12?/m1/s1. The molecule has 0 aliphatic heterocycles. The Bertz CT molecular complexity index is 528. The number of rotatable bonds is 3. The zero-order valence-corrected chi connectivity index (χ0v) is 10.0. The fourth-order valence-electron chi connectivity index (χ4n) is 2.63. The van der Waals surface area contributed by atoms with Gasteiger partial charge in [0.1, 0.15) is 0 Å². The normalized spacial score (nSPS) is 19.5.